The average molecular weight is 334 g/mol. The van der Waals surface area contributed by atoms with E-state index in [9.17, 15) is 0 Å². The summed E-state index contributed by atoms with van der Waals surface area (Å²) in [6.07, 6.45) is 7.56. The smallest absolute Gasteiger partial charge is 0.138 e. The topological polar surface area (TPSA) is 47.7 Å². The van der Waals surface area contributed by atoms with Gasteiger partial charge in [-0.25, -0.2) is 0 Å². The first-order valence-corrected chi connectivity index (χ1v) is 9.44. The van der Waals surface area contributed by atoms with Crippen LogP contribution in [-0.2, 0) is 16.0 Å². The van der Waals surface area contributed by atoms with Gasteiger partial charge in [0.25, 0.3) is 0 Å². The van der Waals surface area contributed by atoms with Crippen LogP contribution in [0.15, 0.2) is 4.52 Å². The van der Waals surface area contributed by atoms with E-state index in [-0.39, 0.29) is 5.60 Å². The third kappa shape index (κ3) is 3.02. The van der Waals surface area contributed by atoms with Crippen LogP contribution in [0.25, 0.3) is 0 Å². The molecule has 134 valence electrons. The van der Waals surface area contributed by atoms with E-state index in [1.807, 2.05) is 21.0 Å². The van der Waals surface area contributed by atoms with Crippen molar-refractivity contribution in [2.75, 3.05) is 20.3 Å². The van der Waals surface area contributed by atoms with Crippen LogP contribution in [0.2, 0.25) is 0 Å². The standard InChI is InChI=1S/C19H30N2O3/c1-13-17(14(2)24-20-13)11-21-9-8-19(22-3)7-6-16(10-18(19)21)23-12-15-4-5-15/h15-16,18H,4-12H2,1-3H3/t16-,18-,19+/m0/s1. The van der Waals surface area contributed by atoms with E-state index in [0.717, 1.165) is 62.8 Å². The highest BCUT2D eigenvalue weighted by molar-refractivity contribution is 5.21. The van der Waals surface area contributed by atoms with Gasteiger partial charge in [-0.1, -0.05) is 5.16 Å². The average Bonchev–Trinajstić information content (AvgIpc) is 3.29. The molecule has 24 heavy (non-hydrogen) atoms. The molecule has 4 rings (SSSR count). The number of hydrogen-bond donors (Lipinski definition) is 0. The molecule has 3 atom stereocenters. The number of rotatable bonds is 6. The Bertz CT molecular complexity index is 564. The molecule has 0 spiro atoms. The number of aryl methyl sites for hydroxylation is 2. The number of aromatic nitrogens is 1. The van der Waals surface area contributed by atoms with Crippen LogP contribution >= 0.6 is 0 Å². The Labute approximate surface area is 144 Å². The lowest BCUT2D eigenvalue weighted by Crippen LogP contribution is -2.51. The SMILES string of the molecule is CO[C@@]12CC[C@H](OCC3CC3)C[C@@H]1N(Cc1c(C)noc1C)CC2. The molecule has 1 aromatic heterocycles. The molecule has 0 N–H and O–H groups in total. The lowest BCUT2D eigenvalue weighted by Gasteiger charge is -2.43. The molecule has 0 bridgehead atoms. The second-order valence-electron chi connectivity index (χ2n) is 7.98. The number of fused-ring (bicyclic) bond motifs is 1. The summed E-state index contributed by atoms with van der Waals surface area (Å²) in [5.41, 5.74) is 2.26. The first-order valence-electron chi connectivity index (χ1n) is 9.44. The molecule has 0 unspecified atom stereocenters. The Morgan fingerprint density at radius 1 is 1.25 bits per heavy atom. The molecule has 1 aliphatic heterocycles. The van der Waals surface area contributed by atoms with Gasteiger partial charge >= 0.3 is 0 Å². The first-order chi connectivity index (χ1) is 11.6. The normalized spacial score (nSPS) is 33.8. The summed E-state index contributed by atoms with van der Waals surface area (Å²) in [6, 6.07) is 0.439. The van der Waals surface area contributed by atoms with E-state index in [1.54, 1.807) is 0 Å². The Balaban J connectivity index is 1.46. The van der Waals surface area contributed by atoms with E-state index in [4.69, 9.17) is 14.0 Å². The lowest BCUT2D eigenvalue weighted by atomic mass is 9.79. The van der Waals surface area contributed by atoms with Crippen molar-refractivity contribution in [1.82, 2.24) is 10.1 Å². The predicted octanol–water partition coefficient (Wildman–Crippen LogP) is 3.23. The molecular formula is C19H30N2O3. The Morgan fingerprint density at radius 3 is 2.75 bits per heavy atom. The maximum absolute atomic E-state index is 6.22. The molecule has 0 radical (unpaired) electrons. The fourth-order valence-electron chi connectivity index (χ4n) is 4.58. The van der Waals surface area contributed by atoms with E-state index in [1.165, 1.54) is 18.4 Å². The summed E-state index contributed by atoms with van der Waals surface area (Å²) in [5, 5.41) is 4.11. The van der Waals surface area contributed by atoms with Gasteiger partial charge in [0.05, 0.1) is 17.4 Å². The van der Waals surface area contributed by atoms with Crippen LogP contribution in [-0.4, -0.2) is 48.1 Å². The molecule has 5 nitrogen and oxygen atoms in total. The zero-order valence-corrected chi connectivity index (χ0v) is 15.2. The van der Waals surface area contributed by atoms with Crippen LogP contribution in [0.3, 0.4) is 0 Å². The minimum atomic E-state index is 0.0123. The molecule has 0 aromatic carbocycles. The zero-order valence-electron chi connectivity index (χ0n) is 15.2. The summed E-state index contributed by atoms with van der Waals surface area (Å²) in [7, 11) is 1.89. The zero-order chi connectivity index (χ0) is 16.7. The minimum Gasteiger partial charge on any atom is -0.378 e. The van der Waals surface area contributed by atoms with E-state index in [0.29, 0.717) is 12.1 Å². The number of hydrogen-bond acceptors (Lipinski definition) is 5. The number of ether oxygens (including phenoxy) is 2. The van der Waals surface area contributed by atoms with Gasteiger partial charge in [-0.05, 0) is 58.3 Å². The van der Waals surface area contributed by atoms with Crippen LogP contribution in [0.1, 0.15) is 55.5 Å². The fraction of sp³-hybridized carbons (Fsp3) is 0.842. The van der Waals surface area contributed by atoms with Crippen molar-refractivity contribution in [2.45, 2.75) is 76.7 Å². The fourth-order valence-corrected chi connectivity index (χ4v) is 4.58. The highest BCUT2D eigenvalue weighted by Crippen LogP contribution is 2.44. The van der Waals surface area contributed by atoms with Gasteiger partial charge in [0.15, 0.2) is 0 Å². The summed E-state index contributed by atoms with van der Waals surface area (Å²) in [6.45, 7) is 7.00. The quantitative estimate of drug-likeness (QED) is 0.799. The molecule has 1 aromatic rings. The second kappa shape index (κ2) is 6.43. The summed E-state index contributed by atoms with van der Waals surface area (Å²) in [5.74, 6) is 1.78. The van der Waals surface area contributed by atoms with Crippen molar-refractivity contribution >= 4 is 0 Å². The maximum Gasteiger partial charge on any atom is 0.138 e. The number of likely N-dealkylation sites (tertiary alicyclic amines) is 1. The van der Waals surface area contributed by atoms with Gasteiger partial charge in [-0.2, -0.15) is 0 Å². The van der Waals surface area contributed by atoms with Gasteiger partial charge in [0.1, 0.15) is 5.76 Å². The van der Waals surface area contributed by atoms with Crippen molar-refractivity contribution in [1.29, 1.82) is 0 Å². The van der Waals surface area contributed by atoms with Gasteiger partial charge in [0, 0.05) is 38.4 Å². The van der Waals surface area contributed by atoms with Gasteiger partial charge in [-0.3, -0.25) is 4.90 Å². The summed E-state index contributed by atoms with van der Waals surface area (Å²) >= 11 is 0. The predicted molar refractivity (Wildman–Crippen MR) is 90.8 cm³/mol. The van der Waals surface area contributed by atoms with E-state index >= 15 is 0 Å². The molecule has 1 saturated heterocycles. The number of nitrogens with zero attached hydrogens (tertiary/aromatic N) is 2. The Hall–Kier alpha value is -0.910. The molecular weight excluding hydrogens is 304 g/mol. The van der Waals surface area contributed by atoms with Crippen LogP contribution in [0.5, 0.6) is 0 Å². The van der Waals surface area contributed by atoms with Crippen molar-refractivity contribution in [3.05, 3.63) is 17.0 Å². The monoisotopic (exact) mass is 334 g/mol. The van der Waals surface area contributed by atoms with Gasteiger partial charge in [-0.15, -0.1) is 0 Å². The van der Waals surface area contributed by atoms with E-state index in [2.05, 4.69) is 10.1 Å². The second-order valence-corrected chi connectivity index (χ2v) is 7.98. The molecule has 2 saturated carbocycles. The van der Waals surface area contributed by atoms with Crippen molar-refractivity contribution in [2.24, 2.45) is 5.92 Å². The minimum absolute atomic E-state index is 0.0123. The summed E-state index contributed by atoms with van der Waals surface area (Å²) in [4.78, 5) is 2.57. The third-order valence-electron chi connectivity index (χ3n) is 6.46. The van der Waals surface area contributed by atoms with Gasteiger partial charge in [0.2, 0.25) is 0 Å². The Kier molecular flexibility index (Phi) is 4.43. The van der Waals surface area contributed by atoms with Crippen molar-refractivity contribution < 1.29 is 14.0 Å². The van der Waals surface area contributed by atoms with Gasteiger partial charge < -0.3 is 14.0 Å². The lowest BCUT2D eigenvalue weighted by molar-refractivity contribution is -0.103. The maximum atomic E-state index is 6.22. The molecule has 2 heterocycles. The number of methoxy groups -OCH3 is 1. The summed E-state index contributed by atoms with van der Waals surface area (Å²) < 4.78 is 17.6. The molecule has 3 fully saturated rings. The molecule has 5 heteroatoms. The molecule has 2 aliphatic carbocycles. The molecule has 0 amide bonds. The first kappa shape index (κ1) is 16.6. The van der Waals surface area contributed by atoms with Crippen LogP contribution in [0.4, 0.5) is 0 Å². The van der Waals surface area contributed by atoms with Crippen molar-refractivity contribution in [3.8, 4) is 0 Å². The molecule has 3 aliphatic rings. The largest absolute Gasteiger partial charge is 0.378 e. The third-order valence-corrected chi connectivity index (χ3v) is 6.46. The highest BCUT2D eigenvalue weighted by atomic mass is 16.5. The van der Waals surface area contributed by atoms with Crippen LogP contribution < -0.4 is 0 Å². The van der Waals surface area contributed by atoms with Crippen LogP contribution in [0, 0.1) is 19.8 Å². The Morgan fingerprint density at radius 2 is 2.08 bits per heavy atom. The van der Waals surface area contributed by atoms with Crippen molar-refractivity contribution in [3.63, 3.8) is 0 Å². The van der Waals surface area contributed by atoms with E-state index < -0.39 is 0 Å². The highest BCUT2D eigenvalue weighted by Gasteiger charge is 2.51.